The number of benzene rings is 1. The zero-order valence-corrected chi connectivity index (χ0v) is 9.67. The summed E-state index contributed by atoms with van der Waals surface area (Å²) in [4.78, 5) is 7.66. The standard InChI is InChI=1S/C12H17N3O/c1-8-6-10-11(7-9(8)2)15-12(14-10)13-4-3-5-16/h6-7,16H,3-5H2,1-2H3,(H2,13,14,15). The van der Waals surface area contributed by atoms with Gasteiger partial charge in [0, 0.05) is 13.2 Å². The van der Waals surface area contributed by atoms with Gasteiger partial charge >= 0.3 is 0 Å². The second kappa shape index (κ2) is 4.53. The number of nitrogens with one attached hydrogen (secondary N) is 2. The molecule has 4 nitrogen and oxygen atoms in total. The maximum absolute atomic E-state index is 8.69. The van der Waals surface area contributed by atoms with Gasteiger partial charge in [-0.3, -0.25) is 0 Å². The molecular formula is C12H17N3O. The van der Waals surface area contributed by atoms with E-state index in [0.717, 1.165) is 29.9 Å². The molecule has 0 aliphatic rings. The summed E-state index contributed by atoms with van der Waals surface area (Å²) in [7, 11) is 0. The lowest BCUT2D eigenvalue weighted by atomic mass is 10.1. The summed E-state index contributed by atoms with van der Waals surface area (Å²) < 4.78 is 0. The molecule has 0 saturated carbocycles. The molecule has 1 aromatic carbocycles. The predicted octanol–water partition coefficient (Wildman–Crippen LogP) is 1.97. The van der Waals surface area contributed by atoms with Crippen molar-refractivity contribution in [3.05, 3.63) is 23.3 Å². The number of H-pyrrole nitrogens is 1. The van der Waals surface area contributed by atoms with Gasteiger partial charge in [0.05, 0.1) is 11.0 Å². The number of aromatic amines is 1. The van der Waals surface area contributed by atoms with Gasteiger partial charge in [0.2, 0.25) is 5.95 Å². The zero-order chi connectivity index (χ0) is 11.5. The van der Waals surface area contributed by atoms with E-state index in [9.17, 15) is 0 Å². The van der Waals surface area contributed by atoms with Crippen LogP contribution in [0.25, 0.3) is 11.0 Å². The molecule has 0 spiro atoms. The fraction of sp³-hybridized carbons (Fsp3) is 0.417. The number of nitrogens with zero attached hydrogens (tertiary/aromatic N) is 1. The monoisotopic (exact) mass is 219 g/mol. The van der Waals surface area contributed by atoms with Crippen LogP contribution in [0.5, 0.6) is 0 Å². The van der Waals surface area contributed by atoms with E-state index in [1.807, 2.05) is 0 Å². The molecule has 0 bridgehead atoms. The fourth-order valence-electron chi connectivity index (χ4n) is 1.64. The van der Waals surface area contributed by atoms with E-state index in [1.165, 1.54) is 11.1 Å². The van der Waals surface area contributed by atoms with E-state index in [2.05, 4.69) is 41.3 Å². The van der Waals surface area contributed by atoms with E-state index in [0.29, 0.717) is 0 Å². The van der Waals surface area contributed by atoms with Crippen molar-refractivity contribution in [3.8, 4) is 0 Å². The van der Waals surface area contributed by atoms with E-state index in [4.69, 9.17) is 5.11 Å². The van der Waals surface area contributed by atoms with Crippen LogP contribution in [-0.4, -0.2) is 28.2 Å². The van der Waals surface area contributed by atoms with Crippen molar-refractivity contribution in [1.29, 1.82) is 0 Å². The third kappa shape index (κ3) is 2.17. The van der Waals surface area contributed by atoms with Gasteiger partial charge in [-0.2, -0.15) is 0 Å². The summed E-state index contributed by atoms with van der Waals surface area (Å²) >= 11 is 0. The average molecular weight is 219 g/mol. The first kappa shape index (κ1) is 11.0. The predicted molar refractivity (Wildman–Crippen MR) is 65.8 cm³/mol. The Kier molecular flexibility index (Phi) is 3.10. The van der Waals surface area contributed by atoms with Gasteiger partial charge in [0.15, 0.2) is 0 Å². The second-order valence-electron chi connectivity index (χ2n) is 4.04. The number of aryl methyl sites for hydroxylation is 2. The number of imidazole rings is 1. The molecule has 0 aliphatic carbocycles. The van der Waals surface area contributed by atoms with Crippen LogP contribution in [-0.2, 0) is 0 Å². The van der Waals surface area contributed by atoms with Crippen LogP contribution in [0.2, 0.25) is 0 Å². The third-order valence-electron chi connectivity index (χ3n) is 2.72. The molecular weight excluding hydrogens is 202 g/mol. The topological polar surface area (TPSA) is 60.9 Å². The number of rotatable bonds is 4. The minimum Gasteiger partial charge on any atom is -0.396 e. The maximum atomic E-state index is 8.69. The molecule has 0 unspecified atom stereocenters. The average Bonchev–Trinajstić information content (AvgIpc) is 2.61. The van der Waals surface area contributed by atoms with Gasteiger partial charge in [0.25, 0.3) is 0 Å². The molecule has 2 rings (SSSR count). The largest absolute Gasteiger partial charge is 0.396 e. The molecule has 0 fully saturated rings. The molecule has 1 heterocycles. The summed E-state index contributed by atoms with van der Waals surface area (Å²) in [6, 6.07) is 4.19. The quantitative estimate of drug-likeness (QED) is 0.689. The van der Waals surface area contributed by atoms with Crippen molar-refractivity contribution in [2.75, 3.05) is 18.5 Å². The smallest absolute Gasteiger partial charge is 0.201 e. The van der Waals surface area contributed by atoms with Gasteiger partial charge < -0.3 is 15.4 Å². The number of hydrogen-bond donors (Lipinski definition) is 3. The summed E-state index contributed by atoms with van der Waals surface area (Å²) in [5.74, 6) is 0.772. The van der Waals surface area contributed by atoms with Crippen molar-refractivity contribution in [2.24, 2.45) is 0 Å². The number of anilines is 1. The molecule has 3 N–H and O–H groups in total. The Morgan fingerprint density at radius 1 is 1.31 bits per heavy atom. The molecule has 0 amide bonds. The Bertz CT molecular complexity index is 451. The lowest BCUT2D eigenvalue weighted by Crippen LogP contribution is -2.04. The number of hydrogen-bond acceptors (Lipinski definition) is 3. The van der Waals surface area contributed by atoms with Gasteiger partial charge in [-0.15, -0.1) is 0 Å². The lowest BCUT2D eigenvalue weighted by Gasteiger charge is -1.98. The normalized spacial score (nSPS) is 10.9. The Balaban J connectivity index is 2.23. The molecule has 0 radical (unpaired) electrons. The van der Waals surface area contributed by atoms with Crippen LogP contribution in [0.3, 0.4) is 0 Å². The summed E-state index contributed by atoms with van der Waals surface area (Å²) in [5.41, 5.74) is 4.54. The molecule has 1 aromatic heterocycles. The Hall–Kier alpha value is -1.55. The van der Waals surface area contributed by atoms with Crippen LogP contribution in [0.1, 0.15) is 17.5 Å². The SMILES string of the molecule is Cc1cc2nc(NCCCO)[nH]c2cc1C. The molecule has 86 valence electrons. The van der Waals surface area contributed by atoms with Gasteiger partial charge in [-0.1, -0.05) is 0 Å². The van der Waals surface area contributed by atoms with Crippen molar-refractivity contribution in [2.45, 2.75) is 20.3 Å². The highest BCUT2D eigenvalue weighted by atomic mass is 16.3. The van der Waals surface area contributed by atoms with Gasteiger partial charge in [-0.25, -0.2) is 4.98 Å². The number of aliphatic hydroxyl groups excluding tert-OH is 1. The van der Waals surface area contributed by atoms with Gasteiger partial charge in [0.1, 0.15) is 0 Å². The molecule has 2 aromatic rings. The number of aromatic nitrogens is 2. The van der Waals surface area contributed by atoms with E-state index < -0.39 is 0 Å². The zero-order valence-electron chi connectivity index (χ0n) is 9.67. The Morgan fingerprint density at radius 2 is 2.06 bits per heavy atom. The highest BCUT2D eigenvalue weighted by Crippen LogP contribution is 2.18. The first-order valence-electron chi connectivity index (χ1n) is 5.52. The van der Waals surface area contributed by atoms with Crippen molar-refractivity contribution in [3.63, 3.8) is 0 Å². The Labute approximate surface area is 94.7 Å². The second-order valence-corrected chi connectivity index (χ2v) is 4.04. The first-order chi connectivity index (χ1) is 7.70. The highest BCUT2D eigenvalue weighted by Gasteiger charge is 2.03. The Morgan fingerprint density at radius 3 is 2.81 bits per heavy atom. The van der Waals surface area contributed by atoms with Crippen molar-refractivity contribution < 1.29 is 5.11 Å². The molecule has 0 aliphatic heterocycles. The van der Waals surface area contributed by atoms with E-state index in [1.54, 1.807) is 0 Å². The van der Waals surface area contributed by atoms with Crippen LogP contribution < -0.4 is 5.32 Å². The summed E-state index contributed by atoms with van der Waals surface area (Å²) in [6.07, 6.45) is 0.731. The minimum absolute atomic E-state index is 0.200. The molecule has 4 heteroatoms. The molecule has 16 heavy (non-hydrogen) atoms. The molecule has 0 saturated heterocycles. The van der Waals surface area contributed by atoms with Crippen molar-refractivity contribution >= 4 is 17.0 Å². The van der Waals surface area contributed by atoms with Crippen LogP contribution in [0.4, 0.5) is 5.95 Å². The highest BCUT2D eigenvalue weighted by molar-refractivity contribution is 5.79. The van der Waals surface area contributed by atoms with E-state index >= 15 is 0 Å². The first-order valence-corrected chi connectivity index (χ1v) is 5.52. The fourth-order valence-corrected chi connectivity index (χ4v) is 1.64. The summed E-state index contributed by atoms with van der Waals surface area (Å²) in [5, 5.41) is 11.8. The van der Waals surface area contributed by atoms with Crippen LogP contribution >= 0.6 is 0 Å². The van der Waals surface area contributed by atoms with Crippen LogP contribution in [0.15, 0.2) is 12.1 Å². The minimum atomic E-state index is 0.200. The molecule has 0 atom stereocenters. The maximum Gasteiger partial charge on any atom is 0.201 e. The lowest BCUT2D eigenvalue weighted by molar-refractivity contribution is 0.292. The summed E-state index contributed by atoms with van der Waals surface area (Å²) in [6.45, 7) is 5.11. The van der Waals surface area contributed by atoms with Gasteiger partial charge in [-0.05, 0) is 43.5 Å². The van der Waals surface area contributed by atoms with Crippen molar-refractivity contribution in [1.82, 2.24) is 9.97 Å². The van der Waals surface area contributed by atoms with E-state index in [-0.39, 0.29) is 6.61 Å². The number of aliphatic hydroxyl groups is 1. The van der Waals surface area contributed by atoms with Crippen LogP contribution in [0, 0.1) is 13.8 Å². The third-order valence-corrected chi connectivity index (χ3v) is 2.72. The number of fused-ring (bicyclic) bond motifs is 1.